The lowest BCUT2D eigenvalue weighted by Gasteiger charge is -2.28. The van der Waals surface area contributed by atoms with E-state index in [0.717, 1.165) is 19.4 Å². The van der Waals surface area contributed by atoms with Crippen molar-refractivity contribution in [1.82, 2.24) is 5.32 Å². The Hall–Kier alpha value is -0.0800. The van der Waals surface area contributed by atoms with Gasteiger partial charge in [0, 0.05) is 17.6 Å². The number of hydrogen-bond donors (Lipinski definition) is 2. The predicted octanol–water partition coefficient (Wildman–Crippen LogP) is 1.65. The van der Waals surface area contributed by atoms with E-state index in [0.29, 0.717) is 5.54 Å². The molecule has 0 atom stereocenters. The van der Waals surface area contributed by atoms with Gasteiger partial charge in [-0.1, -0.05) is 13.8 Å². The van der Waals surface area contributed by atoms with Gasteiger partial charge in [0.25, 0.3) is 0 Å². The Balaban J connectivity index is 2.28. The lowest BCUT2D eigenvalue weighted by Crippen LogP contribution is -2.50. The van der Waals surface area contributed by atoms with E-state index in [1.165, 1.54) is 12.8 Å². The summed E-state index contributed by atoms with van der Waals surface area (Å²) in [5.74, 6) is 0. The van der Waals surface area contributed by atoms with Crippen molar-refractivity contribution in [2.75, 3.05) is 6.54 Å². The van der Waals surface area contributed by atoms with E-state index >= 15 is 0 Å². The summed E-state index contributed by atoms with van der Waals surface area (Å²) in [6.45, 7) is 7.58. The fourth-order valence-corrected chi connectivity index (χ4v) is 1.25. The minimum atomic E-state index is 0.0194. The quantitative estimate of drug-likeness (QED) is 0.658. The minimum absolute atomic E-state index is 0.0194. The first-order valence-electron chi connectivity index (χ1n) is 5.07. The monoisotopic (exact) mass is 170 g/mol. The molecule has 0 aromatic carbocycles. The summed E-state index contributed by atoms with van der Waals surface area (Å²) < 4.78 is 0. The van der Waals surface area contributed by atoms with Gasteiger partial charge in [-0.25, -0.2) is 0 Å². The van der Waals surface area contributed by atoms with Crippen LogP contribution in [-0.2, 0) is 0 Å². The fraction of sp³-hybridized carbons (Fsp3) is 1.00. The van der Waals surface area contributed by atoms with Crippen molar-refractivity contribution < 1.29 is 0 Å². The summed E-state index contributed by atoms with van der Waals surface area (Å²) in [5.41, 5.74) is 6.61. The van der Waals surface area contributed by atoms with E-state index in [9.17, 15) is 0 Å². The number of rotatable bonds is 5. The van der Waals surface area contributed by atoms with Gasteiger partial charge in [-0.2, -0.15) is 0 Å². The molecule has 1 rings (SSSR count). The van der Waals surface area contributed by atoms with Crippen LogP contribution < -0.4 is 11.1 Å². The van der Waals surface area contributed by atoms with Gasteiger partial charge in [0.1, 0.15) is 0 Å². The fourth-order valence-electron chi connectivity index (χ4n) is 1.25. The Kier molecular flexibility index (Phi) is 2.79. The average molecular weight is 170 g/mol. The van der Waals surface area contributed by atoms with Crippen LogP contribution >= 0.6 is 0 Å². The Morgan fingerprint density at radius 1 is 1.33 bits per heavy atom. The molecule has 1 aliphatic carbocycles. The van der Waals surface area contributed by atoms with Crippen molar-refractivity contribution in [3.05, 3.63) is 0 Å². The van der Waals surface area contributed by atoms with Crippen LogP contribution in [0, 0.1) is 0 Å². The van der Waals surface area contributed by atoms with Crippen LogP contribution in [0.2, 0.25) is 0 Å². The average Bonchev–Trinajstić information content (AvgIpc) is 2.81. The maximum atomic E-state index is 6.17. The van der Waals surface area contributed by atoms with Gasteiger partial charge in [-0.15, -0.1) is 0 Å². The molecule has 0 bridgehead atoms. The molecule has 0 heterocycles. The maximum absolute atomic E-state index is 6.17. The lowest BCUT2D eigenvalue weighted by atomic mass is 9.94. The minimum Gasteiger partial charge on any atom is -0.324 e. The largest absolute Gasteiger partial charge is 0.324 e. The van der Waals surface area contributed by atoms with E-state index in [-0.39, 0.29) is 5.54 Å². The van der Waals surface area contributed by atoms with E-state index in [2.05, 4.69) is 26.1 Å². The third-order valence-electron chi connectivity index (χ3n) is 3.28. The zero-order valence-electron chi connectivity index (χ0n) is 8.61. The summed E-state index contributed by atoms with van der Waals surface area (Å²) in [7, 11) is 0. The normalized spacial score (nSPS) is 21.0. The third kappa shape index (κ3) is 2.46. The molecule has 0 spiro atoms. The van der Waals surface area contributed by atoms with Gasteiger partial charge >= 0.3 is 0 Å². The van der Waals surface area contributed by atoms with Crippen LogP contribution in [0.3, 0.4) is 0 Å². The summed E-state index contributed by atoms with van der Waals surface area (Å²) in [4.78, 5) is 0. The van der Waals surface area contributed by atoms with Crippen LogP contribution in [-0.4, -0.2) is 17.6 Å². The van der Waals surface area contributed by atoms with Gasteiger partial charge in [-0.3, -0.25) is 0 Å². The number of hydrogen-bond acceptors (Lipinski definition) is 2. The summed E-state index contributed by atoms with van der Waals surface area (Å²) >= 11 is 0. The van der Waals surface area contributed by atoms with Crippen LogP contribution in [0.25, 0.3) is 0 Å². The summed E-state index contributed by atoms with van der Waals surface area (Å²) in [6, 6.07) is 0. The molecule has 0 amide bonds. The molecule has 0 unspecified atom stereocenters. The highest BCUT2D eigenvalue weighted by molar-refractivity contribution is 4.99. The first-order valence-corrected chi connectivity index (χ1v) is 5.07. The molecule has 1 aliphatic rings. The molecule has 3 N–H and O–H groups in total. The molecular formula is C10H22N2. The highest BCUT2D eigenvalue weighted by Gasteiger charge is 2.38. The van der Waals surface area contributed by atoms with Gasteiger partial charge in [0.2, 0.25) is 0 Å². The first-order chi connectivity index (χ1) is 5.54. The van der Waals surface area contributed by atoms with Gasteiger partial charge in [-0.05, 0) is 32.6 Å². The molecule has 1 fully saturated rings. The smallest absolute Gasteiger partial charge is 0.0275 e. The van der Waals surface area contributed by atoms with Crippen molar-refractivity contribution >= 4 is 0 Å². The lowest BCUT2D eigenvalue weighted by molar-refractivity contribution is 0.346. The molecule has 0 radical (unpaired) electrons. The second-order valence-electron chi connectivity index (χ2n) is 4.48. The van der Waals surface area contributed by atoms with Crippen molar-refractivity contribution in [3.8, 4) is 0 Å². The van der Waals surface area contributed by atoms with E-state index in [4.69, 9.17) is 5.73 Å². The van der Waals surface area contributed by atoms with Gasteiger partial charge < -0.3 is 11.1 Å². The molecule has 12 heavy (non-hydrogen) atoms. The third-order valence-corrected chi connectivity index (χ3v) is 3.28. The molecule has 1 saturated carbocycles. The Morgan fingerprint density at radius 3 is 2.17 bits per heavy atom. The molecular weight excluding hydrogens is 148 g/mol. The van der Waals surface area contributed by atoms with E-state index in [1.54, 1.807) is 0 Å². The van der Waals surface area contributed by atoms with Crippen LogP contribution in [0.15, 0.2) is 0 Å². The maximum Gasteiger partial charge on any atom is 0.0275 e. The topological polar surface area (TPSA) is 38.0 Å². The highest BCUT2D eigenvalue weighted by Crippen LogP contribution is 2.34. The predicted molar refractivity (Wildman–Crippen MR) is 53.1 cm³/mol. The Morgan fingerprint density at radius 2 is 1.83 bits per heavy atom. The highest BCUT2D eigenvalue weighted by atomic mass is 15.0. The zero-order chi connectivity index (χ0) is 9.24. The van der Waals surface area contributed by atoms with Crippen molar-refractivity contribution in [1.29, 1.82) is 0 Å². The van der Waals surface area contributed by atoms with Crippen LogP contribution in [0.5, 0.6) is 0 Å². The molecule has 2 nitrogen and oxygen atoms in total. The molecule has 0 aromatic rings. The molecule has 0 aliphatic heterocycles. The number of nitrogens with one attached hydrogen (secondary N) is 1. The standard InChI is InChI=1S/C10H22N2/c1-4-10(11,5-2)8-12-9(3)6-7-9/h12H,4-8,11H2,1-3H3. The van der Waals surface area contributed by atoms with Crippen LogP contribution in [0.4, 0.5) is 0 Å². The zero-order valence-corrected chi connectivity index (χ0v) is 8.61. The van der Waals surface area contributed by atoms with Gasteiger partial charge in [0.05, 0.1) is 0 Å². The van der Waals surface area contributed by atoms with Crippen molar-refractivity contribution in [2.45, 2.75) is 57.5 Å². The van der Waals surface area contributed by atoms with Crippen molar-refractivity contribution in [2.24, 2.45) is 5.73 Å². The Labute approximate surface area is 75.9 Å². The number of nitrogens with two attached hydrogens (primary N) is 1. The molecule has 0 aromatic heterocycles. The Bertz CT molecular complexity index is 146. The second-order valence-corrected chi connectivity index (χ2v) is 4.48. The van der Waals surface area contributed by atoms with Crippen LogP contribution in [0.1, 0.15) is 46.5 Å². The van der Waals surface area contributed by atoms with Crippen molar-refractivity contribution in [3.63, 3.8) is 0 Å². The molecule has 2 heteroatoms. The summed E-state index contributed by atoms with van der Waals surface area (Å²) in [5, 5.41) is 3.55. The first kappa shape index (κ1) is 10.0. The second kappa shape index (κ2) is 3.35. The van der Waals surface area contributed by atoms with E-state index in [1.807, 2.05) is 0 Å². The SMILES string of the molecule is CCC(N)(CC)CNC1(C)CC1. The van der Waals surface area contributed by atoms with Gasteiger partial charge in [0.15, 0.2) is 0 Å². The summed E-state index contributed by atoms with van der Waals surface area (Å²) in [6.07, 6.45) is 4.76. The molecule has 72 valence electrons. The van der Waals surface area contributed by atoms with E-state index < -0.39 is 0 Å². The molecule has 0 saturated heterocycles.